The predicted molar refractivity (Wildman–Crippen MR) is 122 cm³/mol. The minimum atomic E-state index is -0.594. The average Bonchev–Trinajstić information content (AvgIpc) is 3.15. The number of halogens is 1. The van der Waals surface area contributed by atoms with Crippen LogP contribution in [0.4, 0.5) is 4.79 Å². The number of rotatable bonds is 8. The molecule has 1 unspecified atom stereocenters. The van der Waals surface area contributed by atoms with Gasteiger partial charge >= 0.3 is 12.1 Å². The Hall–Kier alpha value is -1.55. The Morgan fingerprint density at radius 1 is 1.23 bits per heavy atom. The zero-order valence-corrected chi connectivity index (χ0v) is 20.6. The van der Waals surface area contributed by atoms with Crippen molar-refractivity contribution in [2.24, 2.45) is 5.92 Å². The quantitative estimate of drug-likeness (QED) is 0.285. The summed E-state index contributed by atoms with van der Waals surface area (Å²) in [6, 6.07) is 5.59. The summed E-state index contributed by atoms with van der Waals surface area (Å²) in [5.41, 5.74) is 0.313. The summed E-state index contributed by atoms with van der Waals surface area (Å²) in [5, 5.41) is 0. The number of benzene rings is 1. The lowest BCUT2D eigenvalue weighted by atomic mass is 9.90. The molecule has 0 saturated carbocycles. The summed E-state index contributed by atoms with van der Waals surface area (Å²) in [7, 11) is 3.00. The molecule has 0 N–H and O–H groups in total. The van der Waals surface area contributed by atoms with Crippen molar-refractivity contribution < 1.29 is 28.5 Å². The van der Waals surface area contributed by atoms with Crippen LogP contribution in [0.3, 0.4) is 0 Å². The van der Waals surface area contributed by atoms with E-state index in [9.17, 15) is 9.59 Å². The summed E-state index contributed by atoms with van der Waals surface area (Å²) in [6.45, 7) is 6.97. The Balaban J connectivity index is 2.27. The summed E-state index contributed by atoms with van der Waals surface area (Å²) in [5.74, 6) is -0.131. The van der Waals surface area contributed by atoms with Gasteiger partial charge in [0.25, 0.3) is 0 Å². The molecule has 168 valence electrons. The van der Waals surface area contributed by atoms with Crippen LogP contribution >= 0.6 is 22.6 Å². The highest BCUT2D eigenvalue weighted by molar-refractivity contribution is 14.1. The highest BCUT2D eigenvalue weighted by Gasteiger charge is 2.41. The Morgan fingerprint density at radius 3 is 2.60 bits per heavy atom. The number of nitrogens with zero attached hydrogens (tertiary/aromatic N) is 1. The molecule has 0 radical (unpaired) electrons. The van der Waals surface area contributed by atoms with E-state index in [1.54, 1.807) is 12.0 Å². The molecule has 1 aromatic carbocycles. The van der Waals surface area contributed by atoms with Crippen LogP contribution in [0.1, 0.15) is 39.2 Å². The van der Waals surface area contributed by atoms with E-state index in [-0.39, 0.29) is 12.0 Å². The first kappa shape index (κ1) is 24.7. The molecule has 30 heavy (non-hydrogen) atoms. The van der Waals surface area contributed by atoms with Crippen LogP contribution < -0.4 is 4.74 Å². The maximum Gasteiger partial charge on any atom is 0.410 e. The van der Waals surface area contributed by atoms with Crippen molar-refractivity contribution in [3.05, 3.63) is 27.3 Å². The van der Waals surface area contributed by atoms with Crippen LogP contribution in [0.25, 0.3) is 0 Å². The SMILES string of the molecule is COCCOc1ccc(I)cc1C[C@@H](C(=O)OC)C1CCCN1C(=O)OC(C)(C)C. The van der Waals surface area contributed by atoms with Crippen molar-refractivity contribution in [2.75, 3.05) is 34.0 Å². The zero-order valence-electron chi connectivity index (χ0n) is 18.4. The van der Waals surface area contributed by atoms with E-state index >= 15 is 0 Å². The first-order valence-electron chi connectivity index (χ1n) is 10.1. The molecule has 1 amide bonds. The first-order valence-corrected chi connectivity index (χ1v) is 11.2. The Morgan fingerprint density at radius 2 is 1.97 bits per heavy atom. The fraction of sp³-hybridized carbons (Fsp3) is 0.636. The van der Waals surface area contributed by atoms with Gasteiger partial charge in [-0.1, -0.05) is 0 Å². The number of carbonyl (C=O) groups excluding carboxylic acids is 2. The molecule has 0 spiro atoms. The van der Waals surface area contributed by atoms with Crippen LogP contribution in [-0.4, -0.2) is 62.6 Å². The summed E-state index contributed by atoms with van der Waals surface area (Å²) >= 11 is 2.24. The van der Waals surface area contributed by atoms with E-state index in [4.69, 9.17) is 18.9 Å². The second kappa shape index (κ2) is 11.2. The third kappa shape index (κ3) is 7.01. The third-order valence-electron chi connectivity index (χ3n) is 4.90. The van der Waals surface area contributed by atoms with Gasteiger partial charge in [0.15, 0.2) is 0 Å². The number of likely N-dealkylation sites (tertiary alicyclic amines) is 1. The molecule has 0 aliphatic carbocycles. The molecule has 1 saturated heterocycles. The lowest BCUT2D eigenvalue weighted by Gasteiger charge is -2.32. The molecule has 8 heteroatoms. The van der Waals surface area contributed by atoms with Gasteiger partial charge in [-0.3, -0.25) is 4.79 Å². The molecule has 1 fully saturated rings. The summed E-state index contributed by atoms with van der Waals surface area (Å²) < 4.78 is 22.7. The van der Waals surface area contributed by atoms with E-state index < -0.39 is 17.6 Å². The van der Waals surface area contributed by atoms with E-state index in [0.29, 0.717) is 31.9 Å². The van der Waals surface area contributed by atoms with Gasteiger partial charge in [0.2, 0.25) is 0 Å². The lowest BCUT2D eigenvalue weighted by Crippen LogP contribution is -2.46. The number of ether oxygens (including phenoxy) is 4. The standard InChI is InChI=1S/C22H32INO6/c1-22(2,3)30-21(26)24-10-6-7-18(24)17(20(25)28-5)14-15-13-16(23)8-9-19(15)29-12-11-27-4/h8-9,13,17-18H,6-7,10-12,14H2,1-5H3/t17-,18?/m1/s1. The Labute approximate surface area is 192 Å². The highest BCUT2D eigenvalue weighted by atomic mass is 127. The topological polar surface area (TPSA) is 74.3 Å². The lowest BCUT2D eigenvalue weighted by molar-refractivity contribution is -0.147. The molecule has 2 atom stereocenters. The second-order valence-corrected chi connectivity index (χ2v) is 9.56. The maximum absolute atomic E-state index is 12.7. The fourth-order valence-corrected chi connectivity index (χ4v) is 4.16. The average molecular weight is 533 g/mol. The largest absolute Gasteiger partial charge is 0.491 e. The van der Waals surface area contributed by atoms with Crippen molar-refractivity contribution in [3.8, 4) is 5.75 Å². The van der Waals surface area contributed by atoms with Crippen LogP contribution in [0.5, 0.6) is 5.75 Å². The number of carbonyl (C=O) groups is 2. The summed E-state index contributed by atoms with van der Waals surface area (Å²) in [4.78, 5) is 27.2. The molecular weight excluding hydrogens is 501 g/mol. The molecule has 7 nitrogen and oxygen atoms in total. The predicted octanol–water partition coefficient (Wildman–Crippen LogP) is 4.05. The van der Waals surface area contributed by atoms with Gasteiger partial charge < -0.3 is 23.8 Å². The van der Waals surface area contributed by atoms with Crippen LogP contribution in [0, 0.1) is 9.49 Å². The van der Waals surface area contributed by atoms with Crippen molar-refractivity contribution >= 4 is 34.7 Å². The zero-order chi connectivity index (χ0) is 22.3. The molecule has 0 bridgehead atoms. The molecule has 1 heterocycles. The molecule has 0 aromatic heterocycles. The maximum atomic E-state index is 12.7. The normalized spacial score (nSPS) is 17.5. The number of hydrogen-bond acceptors (Lipinski definition) is 6. The van der Waals surface area contributed by atoms with Gasteiger partial charge in [0, 0.05) is 23.3 Å². The fourth-order valence-electron chi connectivity index (χ4n) is 3.61. The van der Waals surface area contributed by atoms with E-state index in [1.807, 2.05) is 39.0 Å². The van der Waals surface area contributed by atoms with Crippen LogP contribution in [-0.2, 0) is 25.4 Å². The van der Waals surface area contributed by atoms with Crippen LogP contribution in [0.15, 0.2) is 18.2 Å². The molecule has 1 aliphatic rings. The van der Waals surface area contributed by atoms with Gasteiger partial charge in [-0.15, -0.1) is 0 Å². The van der Waals surface area contributed by atoms with Crippen molar-refractivity contribution in [2.45, 2.75) is 51.7 Å². The van der Waals surface area contributed by atoms with Crippen LogP contribution in [0.2, 0.25) is 0 Å². The van der Waals surface area contributed by atoms with Crippen molar-refractivity contribution in [3.63, 3.8) is 0 Å². The molecular formula is C22H32INO6. The monoisotopic (exact) mass is 533 g/mol. The van der Waals surface area contributed by atoms with Gasteiger partial charge in [-0.25, -0.2) is 4.79 Å². The van der Waals surface area contributed by atoms with E-state index in [2.05, 4.69) is 22.6 Å². The van der Waals surface area contributed by atoms with Crippen molar-refractivity contribution in [1.82, 2.24) is 4.90 Å². The van der Waals surface area contributed by atoms with E-state index in [0.717, 1.165) is 22.0 Å². The first-order chi connectivity index (χ1) is 14.2. The van der Waals surface area contributed by atoms with Gasteiger partial charge in [-0.05, 0) is 86.4 Å². The molecule has 1 aliphatic heterocycles. The highest BCUT2D eigenvalue weighted by Crippen LogP contribution is 2.32. The van der Waals surface area contributed by atoms with E-state index in [1.165, 1.54) is 7.11 Å². The Kier molecular flexibility index (Phi) is 9.21. The number of amides is 1. The minimum Gasteiger partial charge on any atom is -0.491 e. The number of hydrogen-bond donors (Lipinski definition) is 0. The second-order valence-electron chi connectivity index (χ2n) is 8.31. The Bertz CT molecular complexity index is 733. The summed E-state index contributed by atoms with van der Waals surface area (Å²) in [6.07, 6.45) is 1.57. The number of methoxy groups -OCH3 is 2. The molecule has 2 rings (SSSR count). The third-order valence-corrected chi connectivity index (χ3v) is 5.57. The van der Waals surface area contributed by atoms with Gasteiger partial charge in [0.05, 0.1) is 19.6 Å². The smallest absolute Gasteiger partial charge is 0.410 e. The number of esters is 1. The van der Waals surface area contributed by atoms with Crippen molar-refractivity contribution in [1.29, 1.82) is 0 Å². The van der Waals surface area contributed by atoms with Gasteiger partial charge in [0.1, 0.15) is 18.0 Å². The van der Waals surface area contributed by atoms with Gasteiger partial charge in [-0.2, -0.15) is 0 Å². The minimum absolute atomic E-state index is 0.281. The molecule has 1 aromatic rings.